The van der Waals surface area contributed by atoms with Gasteiger partial charge in [-0.1, -0.05) is 29.8 Å². The lowest BCUT2D eigenvalue weighted by Gasteiger charge is -2.12. The van der Waals surface area contributed by atoms with Gasteiger partial charge in [-0.15, -0.1) is 0 Å². The molecule has 0 bridgehead atoms. The summed E-state index contributed by atoms with van der Waals surface area (Å²) in [7, 11) is -4.07. The fraction of sp³-hybridized carbons (Fsp3) is 0.211. The largest absolute Gasteiger partial charge is 0.334 e. The number of aromatic nitrogens is 2. The monoisotopic (exact) mass is 432 g/mol. The van der Waals surface area contributed by atoms with E-state index >= 15 is 0 Å². The van der Waals surface area contributed by atoms with Crippen LogP contribution in [-0.4, -0.2) is 22.9 Å². The zero-order valence-corrected chi connectivity index (χ0v) is 16.8. The minimum absolute atomic E-state index is 0.127. The highest BCUT2D eigenvalue weighted by molar-refractivity contribution is 7.92. The molecule has 8 nitrogen and oxygen atoms in total. The Labute approximate surface area is 172 Å². The highest BCUT2D eigenvalue weighted by atomic mass is 35.5. The fourth-order valence-corrected chi connectivity index (χ4v) is 4.63. The third kappa shape index (κ3) is 3.83. The summed E-state index contributed by atoms with van der Waals surface area (Å²) in [4.78, 5) is 14.8. The molecule has 150 valence electrons. The molecule has 2 heterocycles. The predicted molar refractivity (Wildman–Crippen MR) is 110 cm³/mol. The quantitative estimate of drug-likeness (QED) is 0.479. The lowest BCUT2D eigenvalue weighted by atomic mass is 10.1. The summed E-state index contributed by atoms with van der Waals surface area (Å²) >= 11 is 5.79. The smallest absolute Gasteiger partial charge is 0.289 e. The van der Waals surface area contributed by atoms with Crippen molar-refractivity contribution >= 4 is 33.0 Å². The summed E-state index contributed by atoms with van der Waals surface area (Å²) in [5, 5.41) is 11.0. The minimum atomic E-state index is -4.07. The summed E-state index contributed by atoms with van der Waals surface area (Å²) in [6.45, 7) is 0.894. The normalized spacial score (nSPS) is 13.7. The molecule has 1 aliphatic rings. The topological polar surface area (TPSA) is 107 Å². The molecule has 0 spiro atoms. The van der Waals surface area contributed by atoms with Crippen LogP contribution in [-0.2, 0) is 23.0 Å². The number of nitro benzene ring substituents is 1. The van der Waals surface area contributed by atoms with Gasteiger partial charge in [0.15, 0.2) is 0 Å². The number of nitrogens with one attached hydrogen (secondary N) is 1. The molecule has 29 heavy (non-hydrogen) atoms. The van der Waals surface area contributed by atoms with Gasteiger partial charge in [0.2, 0.25) is 0 Å². The Morgan fingerprint density at radius 2 is 1.97 bits per heavy atom. The molecule has 0 saturated carbocycles. The van der Waals surface area contributed by atoms with Crippen LogP contribution in [0.5, 0.6) is 0 Å². The lowest BCUT2D eigenvalue weighted by Crippen LogP contribution is -2.14. The third-order valence-corrected chi connectivity index (χ3v) is 6.46. The maximum absolute atomic E-state index is 12.9. The van der Waals surface area contributed by atoms with Gasteiger partial charge in [-0.2, -0.15) is 0 Å². The highest BCUT2D eigenvalue weighted by Crippen LogP contribution is 2.32. The second-order valence-corrected chi connectivity index (χ2v) is 8.80. The summed E-state index contributed by atoms with van der Waals surface area (Å²) in [5.74, 6) is 0.984. The molecule has 2 aromatic carbocycles. The summed E-state index contributed by atoms with van der Waals surface area (Å²) in [6.07, 6.45) is 4.99. The Morgan fingerprint density at radius 3 is 2.72 bits per heavy atom. The molecule has 3 aromatic rings. The number of anilines is 1. The standard InChI is InChI=1S/C19H17ClN4O4S/c20-15-9-8-13(11-18(15)24(25)26)29(27,28)22-16-6-2-1-5-14(16)17-12-23-10-4-3-7-19(23)21-17/h1-2,5-6,8-9,11-12,22H,3-4,7,10H2. The van der Waals surface area contributed by atoms with Crippen molar-refractivity contribution in [2.24, 2.45) is 0 Å². The van der Waals surface area contributed by atoms with Crippen LogP contribution in [0.15, 0.2) is 53.6 Å². The molecular formula is C19H17ClN4O4S. The van der Waals surface area contributed by atoms with E-state index in [1.165, 1.54) is 12.1 Å². The van der Waals surface area contributed by atoms with Gasteiger partial charge in [-0.25, -0.2) is 13.4 Å². The van der Waals surface area contributed by atoms with E-state index in [0.717, 1.165) is 37.7 Å². The molecule has 1 N–H and O–H groups in total. The van der Waals surface area contributed by atoms with Crippen molar-refractivity contribution in [3.8, 4) is 11.3 Å². The number of sulfonamides is 1. The van der Waals surface area contributed by atoms with Crippen molar-refractivity contribution in [2.75, 3.05) is 4.72 Å². The Kier molecular flexibility index (Phi) is 5.01. The number of hydrogen-bond donors (Lipinski definition) is 1. The van der Waals surface area contributed by atoms with E-state index in [9.17, 15) is 18.5 Å². The van der Waals surface area contributed by atoms with Crippen LogP contribution in [0, 0.1) is 10.1 Å². The van der Waals surface area contributed by atoms with Gasteiger partial charge in [0, 0.05) is 30.8 Å². The molecule has 0 aliphatic carbocycles. The van der Waals surface area contributed by atoms with Crippen LogP contribution >= 0.6 is 11.6 Å². The van der Waals surface area contributed by atoms with Crippen molar-refractivity contribution in [3.05, 3.63) is 69.6 Å². The average Bonchev–Trinajstić information content (AvgIpc) is 3.12. The molecule has 4 rings (SSSR count). The number of imidazole rings is 1. The van der Waals surface area contributed by atoms with Crippen LogP contribution in [0.2, 0.25) is 5.02 Å². The van der Waals surface area contributed by atoms with Gasteiger partial charge >= 0.3 is 0 Å². The van der Waals surface area contributed by atoms with E-state index in [1.807, 2.05) is 6.20 Å². The molecule has 0 fully saturated rings. The maximum Gasteiger partial charge on any atom is 0.289 e. The van der Waals surface area contributed by atoms with Crippen molar-refractivity contribution in [2.45, 2.75) is 30.7 Å². The highest BCUT2D eigenvalue weighted by Gasteiger charge is 2.23. The molecule has 0 saturated heterocycles. The Balaban J connectivity index is 1.71. The van der Waals surface area contributed by atoms with E-state index < -0.39 is 20.6 Å². The molecular weight excluding hydrogens is 416 g/mol. The number of para-hydroxylation sites is 1. The number of nitro groups is 1. The van der Waals surface area contributed by atoms with E-state index in [1.54, 1.807) is 24.3 Å². The fourth-order valence-electron chi connectivity index (χ4n) is 3.34. The van der Waals surface area contributed by atoms with Crippen molar-refractivity contribution in [3.63, 3.8) is 0 Å². The maximum atomic E-state index is 12.9. The van der Waals surface area contributed by atoms with Crippen LogP contribution in [0.25, 0.3) is 11.3 Å². The number of fused-ring (bicyclic) bond motifs is 1. The van der Waals surface area contributed by atoms with E-state index in [0.29, 0.717) is 16.9 Å². The number of rotatable bonds is 5. The Morgan fingerprint density at radius 1 is 1.17 bits per heavy atom. The van der Waals surface area contributed by atoms with Crippen molar-refractivity contribution in [1.82, 2.24) is 9.55 Å². The second kappa shape index (κ2) is 7.49. The predicted octanol–water partition coefficient (Wildman–Crippen LogP) is 4.25. The zero-order chi connectivity index (χ0) is 20.6. The van der Waals surface area contributed by atoms with Crippen molar-refractivity contribution in [1.29, 1.82) is 0 Å². The van der Waals surface area contributed by atoms with Gasteiger partial charge < -0.3 is 4.57 Å². The van der Waals surface area contributed by atoms with E-state index in [2.05, 4.69) is 14.3 Å². The second-order valence-electron chi connectivity index (χ2n) is 6.71. The number of benzene rings is 2. The summed E-state index contributed by atoms with van der Waals surface area (Å²) < 4.78 is 30.3. The van der Waals surface area contributed by atoms with Gasteiger partial charge in [-0.3, -0.25) is 14.8 Å². The van der Waals surface area contributed by atoms with Gasteiger partial charge in [0.25, 0.3) is 15.7 Å². The molecule has 0 atom stereocenters. The van der Waals surface area contributed by atoms with Crippen LogP contribution in [0.1, 0.15) is 18.7 Å². The zero-order valence-electron chi connectivity index (χ0n) is 15.2. The first-order valence-corrected chi connectivity index (χ1v) is 10.8. The van der Waals surface area contributed by atoms with E-state index in [-0.39, 0.29) is 9.92 Å². The summed E-state index contributed by atoms with van der Waals surface area (Å²) in [6, 6.07) is 10.3. The Bertz CT molecular complexity index is 1180. The van der Waals surface area contributed by atoms with Gasteiger partial charge in [-0.05, 0) is 31.0 Å². The average molecular weight is 433 g/mol. The lowest BCUT2D eigenvalue weighted by molar-refractivity contribution is -0.384. The third-order valence-electron chi connectivity index (χ3n) is 4.78. The Hall–Kier alpha value is -2.91. The SMILES string of the molecule is O=[N+]([O-])c1cc(S(=O)(=O)Nc2ccccc2-c2cn3c(n2)CCCC3)ccc1Cl. The first kappa shape index (κ1) is 19.4. The first-order valence-electron chi connectivity index (χ1n) is 8.97. The van der Waals surface area contributed by atoms with Crippen LogP contribution in [0.4, 0.5) is 11.4 Å². The van der Waals surface area contributed by atoms with Gasteiger partial charge in [0.1, 0.15) is 10.8 Å². The number of aryl methyl sites for hydroxylation is 2. The molecule has 0 unspecified atom stereocenters. The van der Waals surface area contributed by atoms with Crippen LogP contribution < -0.4 is 4.72 Å². The number of hydrogen-bond acceptors (Lipinski definition) is 5. The number of nitrogens with zero attached hydrogens (tertiary/aromatic N) is 3. The molecule has 1 aliphatic heterocycles. The minimum Gasteiger partial charge on any atom is -0.334 e. The number of halogens is 1. The van der Waals surface area contributed by atoms with E-state index in [4.69, 9.17) is 11.6 Å². The van der Waals surface area contributed by atoms with Gasteiger partial charge in [0.05, 0.1) is 21.2 Å². The summed E-state index contributed by atoms with van der Waals surface area (Å²) in [5.41, 5.74) is 1.20. The van der Waals surface area contributed by atoms with Crippen LogP contribution in [0.3, 0.4) is 0 Å². The molecule has 0 radical (unpaired) electrons. The molecule has 10 heteroatoms. The molecule has 0 amide bonds. The van der Waals surface area contributed by atoms with Crippen molar-refractivity contribution < 1.29 is 13.3 Å². The molecule has 1 aromatic heterocycles. The first-order chi connectivity index (χ1) is 13.8.